The topological polar surface area (TPSA) is 12.9 Å². The number of hydrogen-bond donors (Lipinski definition) is 0. The van der Waals surface area contributed by atoms with Crippen LogP contribution in [-0.4, -0.2) is 22.7 Å². The molecule has 0 N–H and O–H groups in total. The van der Waals surface area contributed by atoms with Crippen LogP contribution in [0.4, 0.5) is 0 Å². The Bertz CT molecular complexity index is 150. The van der Waals surface area contributed by atoms with Crippen LogP contribution in [0.2, 0.25) is 0 Å². The van der Waals surface area contributed by atoms with E-state index in [9.17, 15) is 0 Å². The first kappa shape index (κ1) is 5.88. The molecule has 1 aromatic heterocycles. The molecule has 0 unspecified atom stereocenters. The minimum atomic E-state index is 1.10. The summed E-state index contributed by atoms with van der Waals surface area (Å²) in [6, 6.07) is 4.06. The quantitative estimate of drug-likeness (QED) is 0.473. The molecule has 1 rings (SSSR count). The maximum absolute atomic E-state index is 3.89. The molecular weight excluding hydrogens is 93.0 g/mol. The molecule has 36 valence electrons. The third-order valence-corrected chi connectivity index (χ3v) is 1.16. The van der Waals surface area contributed by atoms with Crippen molar-refractivity contribution >= 4 is 17.7 Å². The third-order valence-electron chi connectivity index (χ3n) is 1.16. The Hall–Kier alpha value is -0.253. The Morgan fingerprint density at radius 2 is 2.00 bits per heavy atom. The van der Waals surface area contributed by atoms with Crippen molar-refractivity contribution in [2.75, 3.05) is 0 Å². The second-order valence-electron chi connectivity index (χ2n) is 1.71. The van der Waals surface area contributed by atoms with Gasteiger partial charge in [-0.2, -0.15) is 0 Å². The van der Waals surface area contributed by atoms with Crippen LogP contribution in [0, 0.1) is 0 Å². The van der Waals surface area contributed by atoms with Crippen LogP contribution in [0.3, 0.4) is 0 Å². The molecule has 1 heterocycles. The van der Waals surface area contributed by atoms with Crippen molar-refractivity contribution in [3.05, 3.63) is 30.1 Å². The van der Waals surface area contributed by atoms with Crippen molar-refractivity contribution in [1.82, 2.24) is 4.98 Å². The number of hydrogen-bond acceptors (Lipinski definition) is 1. The van der Waals surface area contributed by atoms with E-state index >= 15 is 0 Å². The van der Waals surface area contributed by atoms with E-state index in [0.717, 1.165) is 5.09 Å². The van der Waals surface area contributed by atoms with Gasteiger partial charge in [0.25, 0.3) is 0 Å². The Kier molecular flexibility index (Phi) is 2.14. The molecule has 0 aromatic carbocycles. The molecule has 0 bridgehead atoms. The van der Waals surface area contributed by atoms with Gasteiger partial charge in [0.15, 0.2) is 0 Å². The molecule has 0 aliphatic rings. The molecule has 0 radical (unpaired) electrons. The van der Waals surface area contributed by atoms with Gasteiger partial charge in [-0.1, -0.05) is 0 Å². The summed E-state index contributed by atoms with van der Waals surface area (Å²) in [4.78, 5) is 3.89. The van der Waals surface area contributed by atoms with Crippen LogP contribution in [-0.2, 0) is 5.09 Å². The fourth-order valence-electron chi connectivity index (χ4n) is 0.618. The number of aromatic nitrogens is 1. The molecule has 0 aliphatic heterocycles. The molecule has 0 amide bonds. The number of nitrogens with zero attached hydrogens (tertiary/aromatic N) is 1. The molecule has 0 aliphatic carbocycles. The van der Waals surface area contributed by atoms with Gasteiger partial charge in [0.1, 0.15) is 0 Å². The predicted molar refractivity (Wildman–Crippen MR) is 33.7 cm³/mol. The van der Waals surface area contributed by atoms with Gasteiger partial charge in [-0.25, -0.2) is 0 Å². The van der Waals surface area contributed by atoms with E-state index in [-0.39, 0.29) is 0 Å². The van der Waals surface area contributed by atoms with Crippen molar-refractivity contribution < 1.29 is 0 Å². The van der Waals surface area contributed by atoms with Gasteiger partial charge in [0.05, 0.1) is 0 Å². The second kappa shape index (κ2) is 2.91. The zero-order chi connectivity index (χ0) is 5.82. The molecule has 2 heteroatoms. The number of rotatable bonds is 1. The Morgan fingerprint density at radius 3 is 2.38 bits per heavy atom. The van der Waals surface area contributed by atoms with Crippen molar-refractivity contribution in [1.29, 1.82) is 0 Å². The molecule has 0 saturated heterocycles. The van der Waals surface area contributed by atoms with Gasteiger partial charge < -0.3 is 0 Å². The average Bonchev–Trinajstić information content (AvgIpc) is 1.90. The van der Waals surface area contributed by atoms with Crippen LogP contribution >= 0.6 is 0 Å². The van der Waals surface area contributed by atoms with Crippen LogP contribution in [0.1, 0.15) is 5.56 Å². The van der Waals surface area contributed by atoms with E-state index in [2.05, 4.69) is 22.7 Å². The van der Waals surface area contributed by atoms with Crippen molar-refractivity contribution in [2.24, 2.45) is 0 Å². The number of pyridine rings is 1. The maximum atomic E-state index is 3.89. The van der Waals surface area contributed by atoms with Gasteiger partial charge in [-0.3, -0.25) is 0 Å². The van der Waals surface area contributed by atoms with Crippen LogP contribution in [0.15, 0.2) is 24.5 Å². The zero-order valence-corrected chi connectivity index (χ0v) is 4.96. The molecule has 0 atom stereocenters. The van der Waals surface area contributed by atoms with Crippen LogP contribution in [0.5, 0.6) is 0 Å². The normalized spacial score (nSPS) is 9.25. The van der Waals surface area contributed by atoms with E-state index in [1.54, 1.807) is 0 Å². The molecule has 1 aromatic rings. The third kappa shape index (κ3) is 1.36. The van der Waals surface area contributed by atoms with Crippen molar-refractivity contribution in [3.63, 3.8) is 0 Å². The van der Waals surface area contributed by atoms with Gasteiger partial charge in [0, 0.05) is 0 Å². The molecule has 1 nitrogen and oxygen atoms in total. The van der Waals surface area contributed by atoms with Crippen LogP contribution < -0.4 is 0 Å². The van der Waals surface area contributed by atoms with E-state index in [1.807, 2.05) is 24.5 Å². The Morgan fingerprint density at radius 1 is 1.38 bits per heavy atom. The standard InChI is InChI=1S/C6H6N.Li/c1-6-2-4-7-5-3-6;/h2-5H,1H2;. The first-order valence-corrected chi connectivity index (χ1v) is 2.82. The Labute approximate surface area is 58.3 Å². The summed E-state index contributed by atoms with van der Waals surface area (Å²) >= 11 is 2.13. The molecule has 0 spiro atoms. The summed E-state index contributed by atoms with van der Waals surface area (Å²) in [6.45, 7) is 0. The fraction of sp³-hybridized carbons (Fsp3) is 0.167. The van der Waals surface area contributed by atoms with E-state index in [0.29, 0.717) is 0 Å². The summed E-state index contributed by atoms with van der Waals surface area (Å²) in [5, 5.41) is 1.10. The van der Waals surface area contributed by atoms with Gasteiger partial charge in [0.2, 0.25) is 0 Å². The van der Waals surface area contributed by atoms with Crippen molar-refractivity contribution in [3.8, 4) is 0 Å². The summed E-state index contributed by atoms with van der Waals surface area (Å²) in [5.74, 6) is 0. The van der Waals surface area contributed by atoms with Gasteiger partial charge in [-0.15, -0.1) is 0 Å². The van der Waals surface area contributed by atoms with E-state index in [1.165, 1.54) is 5.56 Å². The molecule has 8 heavy (non-hydrogen) atoms. The fourth-order valence-corrected chi connectivity index (χ4v) is 0.618. The zero-order valence-electron chi connectivity index (χ0n) is 4.96. The van der Waals surface area contributed by atoms with Gasteiger partial charge in [-0.05, 0) is 0 Å². The molecule has 0 fully saturated rings. The summed E-state index contributed by atoms with van der Waals surface area (Å²) in [5.41, 5.74) is 1.35. The average molecular weight is 99.1 g/mol. The van der Waals surface area contributed by atoms with Crippen molar-refractivity contribution in [2.45, 2.75) is 5.09 Å². The molecular formula is C6H6LiN. The Balaban J connectivity index is 2.83. The SMILES string of the molecule is [Li][CH2]c1ccncc1. The van der Waals surface area contributed by atoms with Gasteiger partial charge >= 0.3 is 57.9 Å². The van der Waals surface area contributed by atoms with E-state index < -0.39 is 0 Å². The monoisotopic (exact) mass is 99.1 g/mol. The summed E-state index contributed by atoms with van der Waals surface area (Å²) in [7, 11) is 0. The first-order valence-electron chi connectivity index (χ1n) is 2.82. The second-order valence-corrected chi connectivity index (χ2v) is 1.71. The van der Waals surface area contributed by atoms with Crippen LogP contribution in [0.25, 0.3) is 0 Å². The summed E-state index contributed by atoms with van der Waals surface area (Å²) in [6.07, 6.45) is 3.64. The first-order chi connectivity index (χ1) is 3.93. The van der Waals surface area contributed by atoms with E-state index in [4.69, 9.17) is 0 Å². The molecule has 0 saturated carbocycles. The minimum absolute atomic E-state index is 1.10. The summed E-state index contributed by atoms with van der Waals surface area (Å²) < 4.78 is 0. The predicted octanol–water partition coefficient (Wildman–Crippen LogP) is 0.750.